The van der Waals surface area contributed by atoms with Crippen molar-refractivity contribution in [2.24, 2.45) is 5.73 Å². The third-order valence-electron chi connectivity index (χ3n) is 3.15. The fourth-order valence-corrected chi connectivity index (χ4v) is 1.97. The van der Waals surface area contributed by atoms with Gasteiger partial charge in [0.15, 0.2) is 0 Å². The molecule has 1 fully saturated rings. The average molecular weight is 256 g/mol. The summed E-state index contributed by atoms with van der Waals surface area (Å²) in [6.07, 6.45) is 0.888. The van der Waals surface area contributed by atoms with E-state index in [0.29, 0.717) is 13.1 Å². The Morgan fingerprint density at radius 1 is 1.22 bits per heavy atom. The molecule has 1 saturated heterocycles. The Bertz CT molecular complexity index is 304. The highest BCUT2D eigenvalue weighted by atomic mass is 16.2. The number of carbonyl (C=O) groups is 2. The van der Waals surface area contributed by atoms with Gasteiger partial charge >= 0.3 is 0 Å². The predicted octanol–water partition coefficient (Wildman–Crippen LogP) is -1.04. The molecule has 1 atom stereocenters. The van der Waals surface area contributed by atoms with Gasteiger partial charge in [0.05, 0.1) is 12.6 Å². The lowest BCUT2D eigenvalue weighted by molar-refractivity contribution is -0.132. The fourth-order valence-electron chi connectivity index (χ4n) is 1.97. The zero-order chi connectivity index (χ0) is 13.7. The molecule has 0 saturated carbocycles. The molecule has 0 aromatic heterocycles. The number of nitrogens with two attached hydrogens (primary N) is 1. The van der Waals surface area contributed by atoms with Crippen molar-refractivity contribution in [2.45, 2.75) is 19.4 Å². The molecule has 0 aliphatic carbocycles. The van der Waals surface area contributed by atoms with Gasteiger partial charge in [-0.2, -0.15) is 0 Å². The summed E-state index contributed by atoms with van der Waals surface area (Å²) in [5.74, 6) is 0.0951. The van der Waals surface area contributed by atoms with Crippen LogP contribution in [0.4, 0.5) is 0 Å². The number of likely N-dealkylation sites (N-methyl/N-ethyl adjacent to an activating group) is 1. The van der Waals surface area contributed by atoms with Crippen LogP contribution in [0.2, 0.25) is 0 Å². The van der Waals surface area contributed by atoms with Gasteiger partial charge in [0.1, 0.15) is 0 Å². The van der Waals surface area contributed by atoms with Gasteiger partial charge in [-0.15, -0.1) is 0 Å². The first-order valence-corrected chi connectivity index (χ1v) is 6.38. The summed E-state index contributed by atoms with van der Waals surface area (Å²) >= 11 is 0. The molecule has 0 aromatic rings. The average Bonchev–Trinajstić information content (AvgIpc) is 2.53. The van der Waals surface area contributed by atoms with Crippen LogP contribution in [0.5, 0.6) is 0 Å². The number of amides is 2. The van der Waals surface area contributed by atoms with E-state index in [1.54, 1.807) is 30.8 Å². The van der Waals surface area contributed by atoms with Gasteiger partial charge in [0.25, 0.3) is 0 Å². The molecule has 1 aliphatic rings. The molecule has 1 heterocycles. The summed E-state index contributed by atoms with van der Waals surface area (Å²) in [5.41, 5.74) is 5.61. The molecule has 0 aromatic carbocycles. The fraction of sp³-hybridized carbons (Fsp3) is 0.833. The van der Waals surface area contributed by atoms with Crippen molar-refractivity contribution in [2.75, 3.05) is 46.8 Å². The van der Waals surface area contributed by atoms with Crippen molar-refractivity contribution in [3.8, 4) is 0 Å². The molecule has 1 rings (SSSR count). The van der Waals surface area contributed by atoms with Crippen molar-refractivity contribution in [1.82, 2.24) is 14.7 Å². The summed E-state index contributed by atoms with van der Waals surface area (Å²) in [4.78, 5) is 28.9. The molecule has 104 valence electrons. The van der Waals surface area contributed by atoms with Crippen LogP contribution in [0, 0.1) is 0 Å². The summed E-state index contributed by atoms with van der Waals surface area (Å²) in [6.45, 7) is 5.10. The second-order valence-corrected chi connectivity index (χ2v) is 5.03. The van der Waals surface area contributed by atoms with Crippen LogP contribution in [0.15, 0.2) is 0 Å². The molecular weight excluding hydrogens is 232 g/mol. The minimum Gasteiger partial charge on any atom is -0.348 e. The number of hydrogen-bond donors (Lipinski definition) is 1. The molecule has 0 spiro atoms. The van der Waals surface area contributed by atoms with Gasteiger partial charge in [0, 0.05) is 40.3 Å². The summed E-state index contributed by atoms with van der Waals surface area (Å²) in [5, 5.41) is 0. The Hall–Kier alpha value is -1.14. The van der Waals surface area contributed by atoms with E-state index >= 15 is 0 Å². The van der Waals surface area contributed by atoms with E-state index in [4.69, 9.17) is 5.73 Å². The zero-order valence-electron chi connectivity index (χ0n) is 11.6. The number of nitrogens with zero attached hydrogens (tertiary/aromatic N) is 3. The van der Waals surface area contributed by atoms with Crippen LogP contribution in [-0.2, 0) is 9.59 Å². The standard InChI is InChI=1S/C12H24N4O2/c1-10(13)12(18)16-6-4-5-15(7-8-16)9-11(17)14(2)3/h10H,4-9,13H2,1-3H3/t10-/m1/s1. The van der Waals surface area contributed by atoms with E-state index in [0.717, 1.165) is 26.1 Å². The maximum Gasteiger partial charge on any atom is 0.239 e. The normalized spacial score (nSPS) is 19.2. The quantitative estimate of drug-likeness (QED) is 0.700. The minimum atomic E-state index is -0.444. The lowest BCUT2D eigenvalue weighted by Crippen LogP contribution is -2.44. The first-order valence-electron chi connectivity index (χ1n) is 6.38. The lowest BCUT2D eigenvalue weighted by Gasteiger charge is -2.23. The van der Waals surface area contributed by atoms with Crippen LogP contribution in [0.3, 0.4) is 0 Å². The summed E-state index contributed by atoms with van der Waals surface area (Å²) in [7, 11) is 3.51. The number of carbonyl (C=O) groups excluding carboxylic acids is 2. The zero-order valence-corrected chi connectivity index (χ0v) is 11.6. The molecule has 0 bridgehead atoms. The van der Waals surface area contributed by atoms with Crippen LogP contribution in [0.25, 0.3) is 0 Å². The molecule has 0 radical (unpaired) electrons. The SMILES string of the molecule is C[C@@H](N)C(=O)N1CCCN(CC(=O)N(C)C)CC1. The summed E-state index contributed by atoms with van der Waals surface area (Å²) < 4.78 is 0. The second kappa shape index (κ2) is 6.70. The smallest absolute Gasteiger partial charge is 0.239 e. The Morgan fingerprint density at radius 3 is 2.44 bits per heavy atom. The van der Waals surface area contributed by atoms with E-state index < -0.39 is 6.04 Å². The van der Waals surface area contributed by atoms with Crippen LogP contribution >= 0.6 is 0 Å². The Morgan fingerprint density at radius 2 is 1.89 bits per heavy atom. The van der Waals surface area contributed by atoms with Crippen molar-refractivity contribution < 1.29 is 9.59 Å². The van der Waals surface area contributed by atoms with E-state index in [1.165, 1.54) is 0 Å². The molecule has 2 N–H and O–H groups in total. The Labute approximate surface area is 109 Å². The van der Waals surface area contributed by atoms with Crippen molar-refractivity contribution >= 4 is 11.8 Å². The molecule has 6 nitrogen and oxygen atoms in total. The monoisotopic (exact) mass is 256 g/mol. The molecular formula is C12H24N4O2. The van der Waals surface area contributed by atoms with E-state index in [9.17, 15) is 9.59 Å². The third kappa shape index (κ3) is 4.27. The van der Waals surface area contributed by atoms with Gasteiger partial charge in [-0.3, -0.25) is 14.5 Å². The van der Waals surface area contributed by atoms with E-state index in [2.05, 4.69) is 4.90 Å². The van der Waals surface area contributed by atoms with Gasteiger partial charge < -0.3 is 15.5 Å². The van der Waals surface area contributed by atoms with Crippen LogP contribution in [-0.4, -0.2) is 79.4 Å². The van der Waals surface area contributed by atoms with E-state index in [1.807, 2.05) is 0 Å². The third-order valence-corrected chi connectivity index (χ3v) is 3.15. The topological polar surface area (TPSA) is 69.9 Å². The highest BCUT2D eigenvalue weighted by Gasteiger charge is 2.22. The van der Waals surface area contributed by atoms with Crippen LogP contribution < -0.4 is 5.73 Å². The van der Waals surface area contributed by atoms with E-state index in [-0.39, 0.29) is 11.8 Å². The second-order valence-electron chi connectivity index (χ2n) is 5.03. The first kappa shape index (κ1) is 14.9. The highest BCUT2D eigenvalue weighted by molar-refractivity contribution is 5.81. The first-order chi connectivity index (χ1) is 8.41. The molecule has 1 aliphatic heterocycles. The van der Waals surface area contributed by atoms with Crippen LogP contribution in [0.1, 0.15) is 13.3 Å². The molecule has 2 amide bonds. The maximum atomic E-state index is 11.8. The largest absolute Gasteiger partial charge is 0.348 e. The van der Waals surface area contributed by atoms with Gasteiger partial charge in [-0.1, -0.05) is 0 Å². The van der Waals surface area contributed by atoms with Crippen molar-refractivity contribution in [1.29, 1.82) is 0 Å². The Balaban J connectivity index is 2.46. The molecule has 0 unspecified atom stereocenters. The minimum absolute atomic E-state index is 0.00390. The number of hydrogen-bond acceptors (Lipinski definition) is 4. The van der Waals surface area contributed by atoms with Gasteiger partial charge in [-0.05, 0) is 13.3 Å². The molecule has 18 heavy (non-hydrogen) atoms. The van der Waals surface area contributed by atoms with Crippen molar-refractivity contribution in [3.05, 3.63) is 0 Å². The molecule has 6 heteroatoms. The Kier molecular flexibility index (Phi) is 5.55. The highest BCUT2D eigenvalue weighted by Crippen LogP contribution is 2.04. The van der Waals surface area contributed by atoms with Gasteiger partial charge in [-0.25, -0.2) is 0 Å². The predicted molar refractivity (Wildman–Crippen MR) is 70.0 cm³/mol. The summed E-state index contributed by atoms with van der Waals surface area (Å²) in [6, 6.07) is -0.444. The maximum absolute atomic E-state index is 11.8. The number of rotatable bonds is 3. The lowest BCUT2D eigenvalue weighted by atomic mass is 10.3. The van der Waals surface area contributed by atoms with Gasteiger partial charge in [0.2, 0.25) is 11.8 Å². The van der Waals surface area contributed by atoms with Crippen molar-refractivity contribution in [3.63, 3.8) is 0 Å².